The second kappa shape index (κ2) is 6.99. The first kappa shape index (κ1) is 19.9. The molecule has 1 aromatic carbocycles. The van der Waals surface area contributed by atoms with Crippen LogP contribution in [-0.2, 0) is 11.0 Å². The van der Waals surface area contributed by atoms with Gasteiger partial charge in [0.1, 0.15) is 0 Å². The van der Waals surface area contributed by atoms with Crippen molar-refractivity contribution in [2.45, 2.75) is 44.7 Å². The Morgan fingerprint density at radius 1 is 0.833 bits per heavy atom. The van der Waals surface area contributed by atoms with Gasteiger partial charge >= 0.3 is 6.18 Å². The Hall–Kier alpha value is -2.05. The Labute approximate surface area is 174 Å². The van der Waals surface area contributed by atoms with E-state index in [0.29, 0.717) is 30.8 Å². The first-order chi connectivity index (χ1) is 14.2. The number of nitrogens with zero attached hydrogens (tertiary/aromatic N) is 2. The molecule has 0 N–H and O–H groups in total. The normalized spacial score (nSPS) is 33.1. The minimum Gasteiger partial charge on any atom is -0.339 e. The Morgan fingerprint density at radius 2 is 1.33 bits per heavy atom. The van der Waals surface area contributed by atoms with E-state index in [1.54, 1.807) is 0 Å². The van der Waals surface area contributed by atoms with E-state index in [1.807, 2.05) is 4.90 Å². The van der Waals surface area contributed by atoms with E-state index < -0.39 is 17.6 Å². The van der Waals surface area contributed by atoms with Crippen LogP contribution in [-0.4, -0.2) is 47.8 Å². The molecule has 6 rings (SSSR count). The molecule has 30 heavy (non-hydrogen) atoms. The van der Waals surface area contributed by atoms with Crippen molar-refractivity contribution in [1.82, 2.24) is 9.80 Å². The molecular weight excluding hydrogens is 393 g/mol. The van der Waals surface area contributed by atoms with E-state index in [2.05, 4.69) is 0 Å². The lowest BCUT2D eigenvalue weighted by atomic mass is 9.49. The van der Waals surface area contributed by atoms with Gasteiger partial charge in [-0.3, -0.25) is 9.59 Å². The summed E-state index contributed by atoms with van der Waals surface area (Å²) >= 11 is 0. The summed E-state index contributed by atoms with van der Waals surface area (Å²) in [6, 6.07) is 4.93. The van der Waals surface area contributed by atoms with Gasteiger partial charge in [0.15, 0.2) is 0 Å². The highest BCUT2D eigenvalue weighted by molar-refractivity contribution is 5.96. The summed E-state index contributed by atoms with van der Waals surface area (Å²) in [5.41, 5.74) is -1.43. The number of halogens is 3. The van der Waals surface area contributed by atoms with Gasteiger partial charge in [0, 0.05) is 26.2 Å². The molecule has 4 nitrogen and oxygen atoms in total. The zero-order chi connectivity index (χ0) is 21.1. The summed E-state index contributed by atoms with van der Waals surface area (Å²) in [4.78, 5) is 29.6. The van der Waals surface area contributed by atoms with E-state index in [1.165, 1.54) is 42.4 Å². The minimum atomic E-state index is -4.57. The highest BCUT2D eigenvalue weighted by atomic mass is 19.4. The van der Waals surface area contributed by atoms with Crippen molar-refractivity contribution in [3.05, 3.63) is 35.4 Å². The summed E-state index contributed by atoms with van der Waals surface area (Å²) < 4.78 is 39.8. The van der Waals surface area contributed by atoms with Crippen molar-refractivity contribution in [2.75, 3.05) is 26.2 Å². The topological polar surface area (TPSA) is 40.6 Å². The van der Waals surface area contributed by atoms with Crippen LogP contribution in [0.25, 0.3) is 0 Å². The van der Waals surface area contributed by atoms with Gasteiger partial charge in [-0.1, -0.05) is 12.1 Å². The number of hydrogen-bond donors (Lipinski definition) is 0. The van der Waals surface area contributed by atoms with Gasteiger partial charge in [0.05, 0.1) is 16.5 Å². The van der Waals surface area contributed by atoms with Crippen LogP contribution in [0, 0.1) is 23.2 Å². The van der Waals surface area contributed by atoms with Crippen LogP contribution < -0.4 is 0 Å². The first-order valence-electron chi connectivity index (χ1n) is 11.0. The molecular formula is C23H27F3N2O2. The predicted octanol–water partition coefficient (Wildman–Crippen LogP) is 4.21. The molecule has 162 valence electrons. The van der Waals surface area contributed by atoms with Gasteiger partial charge in [0.2, 0.25) is 5.91 Å². The summed E-state index contributed by atoms with van der Waals surface area (Å²) in [6.07, 6.45) is 2.23. The number of carbonyl (C=O) groups is 2. The van der Waals surface area contributed by atoms with Crippen LogP contribution >= 0.6 is 0 Å². The fraction of sp³-hybridized carbons (Fsp3) is 0.652. The molecule has 0 radical (unpaired) electrons. The van der Waals surface area contributed by atoms with Gasteiger partial charge in [-0.25, -0.2) is 0 Å². The number of carbonyl (C=O) groups excluding carboxylic acids is 2. The molecule has 0 atom stereocenters. The third-order valence-electron chi connectivity index (χ3n) is 7.81. The molecule has 7 heteroatoms. The second-order valence-corrected chi connectivity index (χ2v) is 9.83. The molecule has 4 aliphatic carbocycles. The lowest BCUT2D eigenvalue weighted by Gasteiger charge is -2.57. The zero-order valence-corrected chi connectivity index (χ0v) is 17.0. The Bertz CT molecular complexity index is 823. The predicted molar refractivity (Wildman–Crippen MR) is 105 cm³/mol. The van der Waals surface area contributed by atoms with E-state index in [9.17, 15) is 22.8 Å². The molecule has 1 aliphatic heterocycles. The van der Waals surface area contributed by atoms with Crippen LogP contribution in [0.1, 0.15) is 54.4 Å². The largest absolute Gasteiger partial charge is 0.417 e. The second-order valence-electron chi connectivity index (χ2n) is 9.83. The highest BCUT2D eigenvalue weighted by Gasteiger charge is 2.55. The van der Waals surface area contributed by atoms with Crippen molar-refractivity contribution in [3.63, 3.8) is 0 Å². The van der Waals surface area contributed by atoms with Crippen LogP contribution in [0.3, 0.4) is 0 Å². The molecule has 1 aromatic rings. The molecule has 0 spiro atoms. The molecule has 0 aromatic heterocycles. The number of amides is 2. The summed E-state index contributed by atoms with van der Waals surface area (Å²) in [7, 11) is 0. The number of benzene rings is 1. The molecule has 4 bridgehead atoms. The standard InChI is InChI=1S/C23H27F3N2O2/c24-23(25,26)19-4-2-1-3-18(19)20(29)27-5-7-28(8-6-27)21(30)22-12-15-9-16(13-22)11-17(10-15)14-22/h1-4,15-17H,5-14H2. The van der Waals surface area contributed by atoms with Crippen LogP contribution in [0.2, 0.25) is 0 Å². The average Bonchev–Trinajstić information content (AvgIpc) is 2.71. The quantitative estimate of drug-likeness (QED) is 0.719. The zero-order valence-electron chi connectivity index (χ0n) is 17.0. The lowest BCUT2D eigenvalue weighted by Crippen LogP contribution is -2.58. The van der Waals surface area contributed by atoms with Gasteiger partial charge in [-0.2, -0.15) is 13.2 Å². The summed E-state index contributed by atoms with van der Waals surface area (Å²) in [6.45, 7) is 1.37. The number of rotatable bonds is 2. The third-order valence-corrected chi connectivity index (χ3v) is 7.81. The smallest absolute Gasteiger partial charge is 0.339 e. The van der Waals surface area contributed by atoms with Gasteiger partial charge in [-0.05, 0) is 68.4 Å². The van der Waals surface area contributed by atoms with Crippen molar-refractivity contribution in [3.8, 4) is 0 Å². The molecule has 5 fully saturated rings. The van der Waals surface area contributed by atoms with Crippen molar-refractivity contribution >= 4 is 11.8 Å². The Morgan fingerprint density at radius 3 is 1.87 bits per heavy atom. The number of hydrogen-bond acceptors (Lipinski definition) is 2. The molecule has 2 amide bonds. The maximum atomic E-state index is 13.5. The van der Waals surface area contributed by atoms with E-state index in [0.717, 1.165) is 25.3 Å². The van der Waals surface area contributed by atoms with Gasteiger partial charge < -0.3 is 9.80 Å². The highest BCUT2D eigenvalue weighted by Crippen LogP contribution is 2.60. The number of alkyl halides is 3. The molecule has 5 aliphatic rings. The summed E-state index contributed by atoms with van der Waals surface area (Å²) in [5.74, 6) is 1.67. The first-order valence-corrected chi connectivity index (χ1v) is 11.0. The molecule has 1 saturated heterocycles. The molecule has 0 unspecified atom stereocenters. The van der Waals surface area contributed by atoms with Crippen molar-refractivity contribution in [1.29, 1.82) is 0 Å². The lowest BCUT2D eigenvalue weighted by molar-refractivity contribution is -0.159. The SMILES string of the molecule is O=C(c1ccccc1C(F)(F)F)N1CCN(C(=O)C23CC4CC(CC(C4)C2)C3)CC1. The monoisotopic (exact) mass is 420 g/mol. The maximum absolute atomic E-state index is 13.5. The number of piperazine rings is 1. The van der Waals surface area contributed by atoms with Crippen molar-refractivity contribution < 1.29 is 22.8 Å². The molecule has 4 saturated carbocycles. The fourth-order valence-electron chi connectivity index (χ4n) is 6.91. The fourth-order valence-corrected chi connectivity index (χ4v) is 6.91. The maximum Gasteiger partial charge on any atom is 0.417 e. The van der Waals surface area contributed by atoms with Gasteiger partial charge in [-0.15, -0.1) is 0 Å². The average molecular weight is 420 g/mol. The van der Waals surface area contributed by atoms with Crippen molar-refractivity contribution in [2.24, 2.45) is 23.2 Å². The third kappa shape index (κ3) is 3.30. The van der Waals surface area contributed by atoms with Crippen LogP contribution in [0.15, 0.2) is 24.3 Å². The van der Waals surface area contributed by atoms with Gasteiger partial charge in [0.25, 0.3) is 5.91 Å². The Kier molecular flexibility index (Phi) is 4.63. The minimum absolute atomic E-state index is 0.218. The van der Waals surface area contributed by atoms with E-state index in [-0.39, 0.29) is 30.0 Å². The van der Waals surface area contributed by atoms with Crippen LogP contribution in [0.4, 0.5) is 13.2 Å². The van der Waals surface area contributed by atoms with E-state index >= 15 is 0 Å². The van der Waals surface area contributed by atoms with Crippen LogP contribution in [0.5, 0.6) is 0 Å². The Balaban J connectivity index is 1.26. The summed E-state index contributed by atoms with van der Waals surface area (Å²) in [5, 5.41) is 0. The van der Waals surface area contributed by atoms with E-state index in [4.69, 9.17) is 0 Å². The molecule has 1 heterocycles.